The quantitative estimate of drug-likeness (QED) is 0.805. The fourth-order valence-electron chi connectivity index (χ4n) is 3.41. The largest absolute Gasteiger partial charge is 0.362 e. The number of nitrogens with one attached hydrogen (secondary N) is 1. The van der Waals surface area contributed by atoms with Crippen LogP contribution in [-0.4, -0.2) is 23.0 Å². The number of hydrogen-bond acceptors (Lipinski definition) is 3. The predicted molar refractivity (Wildman–Crippen MR) is 86.9 cm³/mol. The van der Waals surface area contributed by atoms with E-state index in [-0.39, 0.29) is 0 Å². The lowest BCUT2D eigenvalue weighted by Gasteiger charge is -2.30. The molecule has 0 aromatic rings. The van der Waals surface area contributed by atoms with E-state index in [9.17, 15) is 0 Å². The second-order valence-electron chi connectivity index (χ2n) is 6.59. The summed E-state index contributed by atoms with van der Waals surface area (Å²) in [7, 11) is 0. The van der Waals surface area contributed by atoms with Gasteiger partial charge in [-0.25, -0.2) is 0 Å². The van der Waals surface area contributed by atoms with Crippen molar-refractivity contribution in [1.82, 2.24) is 5.32 Å². The third kappa shape index (κ3) is 4.70. The molecule has 1 N–H and O–H groups in total. The minimum atomic E-state index is 0.552. The molecule has 1 aliphatic carbocycles. The summed E-state index contributed by atoms with van der Waals surface area (Å²) in [4.78, 5) is 4.88. The molecule has 1 heterocycles. The van der Waals surface area contributed by atoms with Gasteiger partial charge >= 0.3 is 0 Å². The third-order valence-corrected chi connectivity index (χ3v) is 5.47. The number of aliphatic imine (C=N–C) groups is 1. The summed E-state index contributed by atoms with van der Waals surface area (Å²) in [6, 6.07) is 1.21. The van der Waals surface area contributed by atoms with Crippen LogP contribution in [0.15, 0.2) is 4.99 Å². The van der Waals surface area contributed by atoms with Crippen molar-refractivity contribution in [2.75, 3.05) is 5.75 Å². The Labute approximate surface area is 123 Å². The molecule has 0 radical (unpaired) electrons. The Morgan fingerprint density at radius 1 is 1.26 bits per heavy atom. The second kappa shape index (κ2) is 7.56. The fraction of sp³-hybridized carbons (Fsp3) is 0.938. The lowest BCUT2D eigenvalue weighted by atomic mass is 9.83. The maximum absolute atomic E-state index is 4.88. The first-order chi connectivity index (χ1) is 9.19. The topological polar surface area (TPSA) is 24.4 Å². The second-order valence-corrected chi connectivity index (χ2v) is 7.59. The van der Waals surface area contributed by atoms with E-state index in [0.29, 0.717) is 12.1 Å². The van der Waals surface area contributed by atoms with Crippen LogP contribution in [0.3, 0.4) is 0 Å². The highest BCUT2D eigenvalue weighted by Gasteiger charge is 2.26. The van der Waals surface area contributed by atoms with Gasteiger partial charge in [0.25, 0.3) is 0 Å². The maximum Gasteiger partial charge on any atom is 0.157 e. The standard InChI is InChI=1S/C16H30N2S/c1-4-15(13-8-6-5-7-9-13)18-16-17-14(11-19-16)10-12(2)3/h12-15H,4-11H2,1-3H3,(H,17,18). The SMILES string of the molecule is CCC(NC1=NC(CC(C)C)CS1)C1CCCCC1. The molecule has 0 aromatic heterocycles. The van der Waals surface area contributed by atoms with E-state index in [1.165, 1.54) is 55.9 Å². The molecule has 3 heteroatoms. The van der Waals surface area contributed by atoms with Crippen LogP contribution in [-0.2, 0) is 0 Å². The summed E-state index contributed by atoms with van der Waals surface area (Å²) in [6.45, 7) is 6.91. The number of nitrogens with zero attached hydrogens (tertiary/aromatic N) is 1. The van der Waals surface area contributed by atoms with E-state index in [1.54, 1.807) is 0 Å². The Hall–Kier alpha value is -0.180. The molecule has 2 rings (SSSR count). The summed E-state index contributed by atoms with van der Waals surface area (Å²) in [5.74, 6) is 2.82. The van der Waals surface area contributed by atoms with Gasteiger partial charge in [0.15, 0.2) is 5.17 Å². The molecule has 2 unspecified atom stereocenters. The first kappa shape index (κ1) is 15.2. The number of amidine groups is 1. The molecule has 2 aliphatic rings. The lowest BCUT2D eigenvalue weighted by molar-refractivity contribution is 0.284. The Morgan fingerprint density at radius 3 is 2.63 bits per heavy atom. The van der Waals surface area contributed by atoms with Gasteiger partial charge in [-0.1, -0.05) is 51.8 Å². The van der Waals surface area contributed by atoms with E-state index >= 15 is 0 Å². The van der Waals surface area contributed by atoms with E-state index < -0.39 is 0 Å². The van der Waals surface area contributed by atoms with Gasteiger partial charge in [-0.3, -0.25) is 4.99 Å². The molecule has 0 aromatic carbocycles. The maximum atomic E-state index is 4.88. The Bertz CT molecular complexity index is 295. The Morgan fingerprint density at radius 2 is 2.00 bits per heavy atom. The minimum absolute atomic E-state index is 0.552. The molecule has 0 saturated heterocycles. The number of thioether (sulfide) groups is 1. The molecular formula is C16H30N2S. The number of rotatable bonds is 5. The van der Waals surface area contributed by atoms with Crippen molar-refractivity contribution >= 4 is 16.9 Å². The van der Waals surface area contributed by atoms with Gasteiger partial charge in [0, 0.05) is 11.8 Å². The van der Waals surface area contributed by atoms with Crippen LogP contribution in [0.5, 0.6) is 0 Å². The van der Waals surface area contributed by atoms with Gasteiger partial charge in [0.1, 0.15) is 0 Å². The van der Waals surface area contributed by atoms with Gasteiger partial charge in [-0.2, -0.15) is 0 Å². The normalized spacial score (nSPS) is 26.5. The summed E-state index contributed by atoms with van der Waals surface area (Å²) in [5, 5.41) is 4.98. The number of hydrogen-bond donors (Lipinski definition) is 1. The predicted octanol–water partition coefficient (Wildman–Crippen LogP) is 4.45. The van der Waals surface area contributed by atoms with Crippen molar-refractivity contribution in [3.8, 4) is 0 Å². The van der Waals surface area contributed by atoms with Crippen molar-refractivity contribution < 1.29 is 0 Å². The average Bonchev–Trinajstić information content (AvgIpc) is 2.83. The highest BCUT2D eigenvalue weighted by Crippen LogP contribution is 2.29. The minimum Gasteiger partial charge on any atom is -0.362 e. The Kier molecular flexibility index (Phi) is 6.06. The lowest BCUT2D eigenvalue weighted by Crippen LogP contribution is -2.39. The highest BCUT2D eigenvalue weighted by atomic mass is 32.2. The molecule has 0 spiro atoms. The van der Waals surface area contributed by atoms with Crippen LogP contribution < -0.4 is 5.32 Å². The van der Waals surface area contributed by atoms with Crippen LogP contribution in [0.1, 0.15) is 65.7 Å². The zero-order chi connectivity index (χ0) is 13.7. The molecule has 1 saturated carbocycles. The Balaban J connectivity index is 1.84. The van der Waals surface area contributed by atoms with Crippen LogP contribution in [0.4, 0.5) is 0 Å². The first-order valence-corrected chi connectivity index (χ1v) is 9.14. The monoisotopic (exact) mass is 282 g/mol. The van der Waals surface area contributed by atoms with E-state index in [2.05, 4.69) is 26.1 Å². The summed E-state index contributed by atoms with van der Waals surface area (Å²) >= 11 is 1.94. The van der Waals surface area contributed by atoms with E-state index in [1.807, 2.05) is 11.8 Å². The third-order valence-electron chi connectivity index (χ3n) is 4.42. The molecule has 110 valence electrons. The molecule has 0 amide bonds. The molecule has 19 heavy (non-hydrogen) atoms. The van der Waals surface area contributed by atoms with Gasteiger partial charge in [0.2, 0.25) is 0 Å². The molecule has 1 fully saturated rings. The summed E-state index contributed by atoms with van der Waals surface area (Å²) < 4.78 is 0. The highest BCUT2D eigenvalue weighted by molar-refractivity contribution is 8.14. The summed E-state index contributed by atoms with van der Waals surface area (Å²) in [5.41, 5.74) is 0. The van der Waals surface area contributed by atoms with Crippen LogP contribution in [0.2, 0.25) is 0 Å². The summed E-state index contributed by atoms with van der Waals surface area (Å²) in [6.07, 6.45) is 9.60. The van der Waals surface area contributed by atoms with Crippen molar-refractivity contribution in [3.63, 3.8) is 0 Å². The molecule has 2 nitrogen and oxygen atoms in total. The van der Waals surface area contributed by atoms with Crippen molar-refractivity contribution in [2.45, 2.75) is 77.8 Å². The van der Waals surface area contributed by atoms with Crippen molar-refractivity contribution in [2.24, 2.45) is 16.8 Å². The van der Waals surface area contributed by atoms with Crippen molar-refractivity contribution in [3.05, 3.63) is 0 Å². The van der Waals surface area contributed by atoms with Gasteiger partial charge in [0.05, 0.1) is 6.04 Å². The van der Waals surface area contributed by atoms with Crippen LogP contribution in [0.25, 0.3) is 0 Å². The smallest absolute Gasteiger partial charge is 0.157 e. The van der Waals surface area contributed by atoms with Crippen molar-refractivity contribution in [1.29, 1.82) is 0 Å². The first-order valence-electron chi connectivity index (χ1n) is 8.16. The zero-order valence-electron chi connectivity index (χ0n) is 12.8. The average molecular weight is 282 g/mol. The van der Waals surface area contributed by atoms with Gasteiger partial charge in [-0.05, 0) is 37.5 Å². The van der Waals surface area contributed by atoms with Gasteiger partial charge in [-0.15, -0.1) is 0 Å². The van der Waals surface area contributed by atoms with Gasteiger partial charge < -0.3 is 5.32 Å². The van der Waals surface area contributed by atoms with Crippen LogP contribution in [0, 0.1) is 11.8 Å². The zero-order valence-corrected chi connectivity index (χ0v) is 13.6. The molecule has 1 aliphatic heterocycles. The molecule has 0 bridgehead atoms. The van der Waals surface area contributed by atoms with E-state index in [0.717, 1.165) is 11.8 Å². The van der Waals surface area contributed by atoms with E-state index in [4.69, 9.17) is 4.99 Å². The van der Waals surface area contributed by atoms with Crippen LogP contribution >= 0.6 is 11.8 Å². The fourth-order valence-corrected chi connectivity index (χ4v) is 4.43. The molecular weight excluding hydrogens is 252 g/mol. The molecule has 2 atom stereocenters.